The summed E-state index contributed by atoms with van der Waals surface area (Å²) in [6, 6.07) is 32.5. The molecular formula is C28H22N2O2S. The predicted molar refractivity (Wildman–Crippen MR) is 137 cm³/mol. The van der Waals surface area contributed by atoms with E-state index >= 15 is 0 Å². The van der Waals surface area contributed by atoms with Crippen molar-refractivity contribution < 1.29 is 8.42 Å². The summed E-state index contributed by atoms with van der Waals surface area (Å²) in [7, 11) is -3.73. The van der Waals surface area contributed by atoms with E-state index < -0.39 is 10.0 Å². The number of nitrogens with one attached hydrogen (secondary N) is 1. The SMILES string of the molecule is Cc1ccc(S(=O)(=O)Nc2ccccc2N=Cc2c3ccccc3cc3ccccc23)cc1. The van der Waals surface area contributed by atoms with E-state index in [-0.39, 0.29) is 4.90 Å². The molecular weight excluding hydrogens is 428 g/mol. The average Bonchev–Trinajstić information content (AvgIpc) is 2.82. The summed E-state index contributed by atoms with van der Waals surface area (Å²) in [5.41, 5.74) is 2.98. The lowest BCUT2D eigenvalue weighted by atomic mass is 9.97. The van der Waals surface area contributed by atoms with E-state index in [1.807, 2.05) is 43.5 Å². The molecule has 0 aliphatic heterocycles. The van der Waals surface area contributed by atoms with Gasteiger partial charge in [0.05, 0.1) is 16.3 Å². The van der Waals surface area contributed by atoms with Gasteiger partial charge in [0.1, 0.15) is 0 Å². The van der Waals surface area contributed by atoms with Crippen molar-refractivity contribution in [2.45, 2.75) is 11.8 Å². The van der Waals surface area contributed by atoms with E-state index in [4.69, 9.17) is 4.99 Å². The second kappa shape index (κ2) is 8.52. The van der Waals surface area contributed by atoms with Gasteiger partial charge in [0.25, 0.3) is 10.0 Å². The van der Waals surface area contributed by atoms with Gasteiger partial charge in [-0.25, -0.2) is 8.42 Å². The number of nitrogens with zero attached hydrogens (tertiary/aromatic N) is 1. The number of fused-ring (bicyclic) bond motifs is 2. The van der Waals surface area contributed by atoms with E-state index in [1.54, 1.807) is 42.5 Å². The Kier molecular flexibility index (Phi) is 5.40. The Balaban J connectivity index is 1.57. The lowest BCUT2D eigenvalue weighted by Crippen LogP contribution is -2.13. The van der Waals surface area contributed by atoms with Gasteiger partial charge in [-0.2, -0.15) is 0 Å². The van der Waals surface area contributed by atoms with Crippen LogP contribution >= 0.6 is 0 Å². The highest BCUT2D eigenvalue weighted by Crippen LogP contribution is 2.30. The monoisotopic (exact) mass is 450 g/mol. The smallest absolute Gasteiger partial charge is 0.261 e. The van der Waals surface area contributed by atoms with Crippen LogP contribution in [0.4, 0.5) is 11.4 Å². The van der Waals surface area contributed by atoms with Crippen LogP contribution in [0, 0.1) is 6.92 Å². The molecule has 0 amide bonds. The number of hydrogen-bond acceptors (Lipinski definition) is 3. The lowest BCUT2D eigenvalue weighted by Gasteiger charge is -2.11. The first-order chi connectivity index (χ1) is 16.0. The first-order valence-corrected chi connectivity index (χ1v) is 12.1. The van der Waals surface area contributed by atoms with Crippen molar-refractivity contribution in [3.8, 4) is 0 Å². The maximum atomic E-state index is 12.9. The van der Waals surface area contributed by atoms with Gasteiger partial charge in [-0.05, 0) is 58.8 Å². The number of benzene rings is 5. The largest absolute Gasteiger partial charge is 0.277 e. The third-order valence-corrected chi connectivity index (χ3v) is 7.01. The van der Waals surface area contributed by atoms with Gasteiger partial charge < -0.3 is 0 Å². The van der Waals surface area contributed by atoms with Gasteiger partial charge in [0.15, 0.2) is 0 Å². The molecule has 0 fully saturated rings. The molecule has 0 spiro atoms. The third kappa shape index (κ3) is 4.23. The normalized spacial score (nSPS) is 11.9. The summed E-state index contributed by atoms with van der Waals surface area (Å²) < 4.78 is 28.5. The highest BCUT2D eigenvalue weighted by atomic mass is 32.2. The molecule has 0 heterocycles. The van der Waals surface area contributed by atoms with Crippen molar-refractivity contribution in [2.75, 3.05) is 4.72 Å². The van der Waals surface area contributed by atoms with E-state index in [9.17, 15) is 8.42 Å². The summed E-state index contributed by atoms with van der Waals surface area (Å²) in [5.74, 6) is 0. The summed E-state index contributed by atoms with van der Waals surface area (Å²) in [5, 5.41) is 4.45. The molecule has 0 unspecified atom stereocenters. The molecule has 0 radical (unpaired) electrons. The first kappa shape index (κ1) is 20.9. The highest BCUT2D eigenvalue weighted by Gasteiger charge is 2.15. The fourth-order valence-corrected chi connectivity index (χ4v) is 4.99. The average molecular weight is 451 g/mol. The number of sulfonamides is 1. The molecule has 0 atom stereocenters. The van der Waals surface area contributed by atoms with Crippen LogP contribution in [0.25, 0.3) is 21.5 Å². The molecule has 0 aromatic heterocycles. The molecule has 0 saturated heterocycles. The highest BCUT2D eigenvalue weighted by molar-refractivity contribution is 7.92. The van der Waals surface area contributed by atoms with Crippen LogP contribution in [-0.2, 0) is 10.0 Å². The van der Waals surface area contributed by atoms with Crippen LogP contribution in [-0.4, -0.2) is 14.6 Å². The fourth-order valence-electron chi connectivity index (χ4n) is 3.92. The van der Waals surface area contributed by atoms with E-state index in [0.717, 1.165) is 32.7 Å². The maximum absolute atomic E-state index is 12.9. The standard InChI is InChI=1S/C28H22N2O2S/c1-20-14-16-23(17-15-20)33(31,32)30-28-13-7-6-12-27(28)29-19-26-24-10-4-2-8-21(24)18-22-9-3-5-11-25(22)26/h2-19,30H,1H3. The molecule has 4 nitrogen and oxygen atoms in total. The number of rotatable bonds is 5. The van der Waals surface area contributed by atoms with Gasteiger partial charge in [-0.3, -0.25) is 9.71 Å². The van der Waals surface area contributed by atoms with Gasteiger partial charge in [-0.15, -0.1) is 0 Å². The second-order valence-electron chi connectivity index (χ2n) is 7.93. The zero-order valence-corrected chi connectivity index (χ0v) is 18.9. The molecule has 0 aliphatic carbocycles. The lowest BCUT2D eigenvalue weighted by molar-refractivity contribution is 0.601. The van der Waals surface area contributed by atoms with Gasteiger partial charge in [0, 0.05) is 11.8 Å². The summed E-state index contributed by atoms with van der Waals surface area (Å²) in [4.78, 5) is 4.93. The van der Waals surface area contributed by atoms with E-state index in [1.165, 1.54) is 0 Å². The van der Waals surface area contributed by atoms with Crippen molar-refractivity contribution in [1.29, 1.82) is 0 Å². The summed E-state index contributed by atoms with van der Waals surface area (Å²) >= 11 is 0. The topological polar surface area (TPSA) is 58.5 Å². The molecule has 0 bridgehead atoms. The minimum atomic E-state index is -3.73. The quantitative estimate of drug-likeness (QED) is 0.235. The molecule has 1 N–H and O–H groups in total. The number of hydrogen-bond donors (Lipinski definition) is 1. The Hall–Kier alpha value is -3.96. The molecule has 5 aromatic carbocycles. The van der Waals surface area contributed by atoms with Gasteiger partial charge in [-0.1, -0.05) is 78.4 Å². The van der Waals surface area contributed by atoms with Crippen molar-refractivity contribution in [1.82, 2.24) is 0 Å². The number of para-hydroxylation sites is 2. The number of aliphatic imine (C=N–C) groups is 1. The van der Waals surface area contributed by atoms with Crippen LogP contribution in [0.3, 0.4) is 0 Å². The Morgan fingerprint density at radius 3 is 1.97 bits per heavy atom. The summed E-state index contributed by atoms with van der Waals surface area (Å²) in [6.07, 6.45) is 1.82. The van der Waals surface area contributed by atoms with E-state index in [0.29, 0.717) is 11.4 Å². The van der Waals surface area contributed by atoms with Crippen molar-refractivity contribution in [3.05, 3.63) is 114 Å². The maximum Gasteiger partial charge on any atom is 0.261 e. The van der Waals surface area contributed by atoms with Crippen LogP contribution in [0.2, 0.25) is 0 Å². The molecule has 0 saturated carbocycles. The van der Waals surface area contributed by atoms with Crippen molar-refractivity contribution in [2.24, 2.45) is 4.99 Å². The number of aryl methyl sites for hydroxylation is 1. The van der Waals surface area contributed by atoms with E-state index in [2.05, 4.69) is 35.1 Å². The third-order valence-electron chi connectivity index (χ3n) is 5.63. The zero-order chi connectivity index (χ0) is 22.8. The molecule has 5 aromatic rings. The molecule has 162 valence electrons. The Morgan fingerprint density at radius 1 is 0.727 bits per heavy atom. The van der Waals surface area contributed by atoms with Crippen LogP contribution < -0.4 is 4.72 Å². The zero-order valence-electron chi connectivity index (χ0n) is 18.1. The minimum Gasteiger partial charge on any atom is -0.277 e. The Labute approximate surface area is 193 Å². The van der Waals surface area contributed by atoms with Crippen molar-refractivity contribution in [3.63, 3.8) is 0 Å². The van der Waals surface area contributed by atoms with Gasteiger partial charge >= 0.3 is 0 Å². The Morgan fingerprint density at radius 2 is 1.30 bits per heavy atom. The van der Waals surface area contributed by atoms with Crippen LogP contribution in [0.5, 0.6) is 0 Å². The fraction of sp³-hybridized carbons (Fsp3) is 0.0357. The molecule has 33 heavy (non-hydrogen) atoms. The first-order valence-electron chi connectivity index (χ1n) is 10.6. The predicted octanol–water partition coefficient (Wildman–Crippen LogP) is 6.85. The van der Waals surface area contributed by atoms with Gasteiger partial charge in [0.2, 0.25) is 0 Å². The number of anilines is 1. The Bertz CT molecular complexity index is 1550. The van der Waals surface area contributed by atoms with Crippen LogP contribution in [0.15, 0.2) is 113 Å². The summed E-state index contributed by atoms with van der Waals surface area (Å²) in [6.45, 7) is 1.92. The van der Waals surface area contributed by atoms with Crippen molar-refractivity contribution >= 4 is 49.2 Å². The second-order valence-corrected chi connectivity index (χ2v) is 9.61. The van der Waals surface area contributed by atoms with Crippen LogP contribution in [0.1, 0.15) is 11.1 Å². The molecule has 0 aliphatic rings. The molecule has 5 rings (SSSR count). The minimum absolute atomic E-state index is 0.215. The molecule has 5 heteroatoms.